The highest BCUT2D eigenvalue weighted by atomic mass is 32.2. The molecule has 2 aromatic carbocycles. The third-order valence-electron chi connectivity index (χ3n) is 3.36. The predicted molar refractivity (Wildman–Crippen MR) is 103 cm³/mol. The van der Waals surface area contributed by atoms with Crippen molar-refractivity contribution in [2.45, 2.75) is 4.21 Å². The number of para-hydroxylation sites is 1. The smallest absolute Gasteiger partial charge is 0.273 e. The van der Waals surface area contributed by atoms with Crippen LogP contribution in [0.5, 0.6) is 0 Å². The van der Waals surface area contributed by atoms with Gasteiger partial charge in [-0.3, -0.25) is 9.52 Å². The van der Waals surface area contributed by atoms with Gasteiger partial charge in [0.25, 0.3) is 15.9 Å². The Kier molecular flexibility index (Phi) is 5.45. The second-order valence-corrected chi connectivity index (χ2v) is 8.05. The molecule has 8 heteroatoms. The fourth-order valence-electron chi connectivity index (χ4n) is 2.15. The number of carbonyl (C=O) groups is 1. The van der Waals surface area contributed by atoms with E-state index >= 15 is 0 Å². The van der Waals surface area contributed by atoms with Crippen LogP contribution in [-0.2, 0) is 10.0 Å². The number of carbonyl (C=O) groups excluding carboxylic acids is 1. The normalized spacial score (nSPS) is 11.4. The lowest BCUT2D eigenvalue weighted by Crippen LogP contribution is -2.21. The van der Waals surface area contributed by atoms with Crippen molar-refractivity contribution in [2.24, 2.45) is 5.10 Å². The van der Waals surface area contributed by atoms with Gasteiger partial charge in [0.15, 0.2) is 0 Å². The quantitative estimate of drug-likeness (QED) is 0.504. The van der Waals surface area contributed by atoms with E-state index in [4.69, 9.17) is 0 Å². The van der Waals surface area contributed by atoms with Gasteiger partial charge in [-0.05, 0) is 29.1 Å². The number of nitrogens with one attached hydrogen (secondary N) is 2. The maximum Gasteiger partial charge on any atom is 0.273 e. The fourth-order valence-corrected chi connectivity index (χ4v) is 4.22. The molecule has 1 aromatic heterocycles. The van der Waals surface area contributed by atoms with Gasteiger partial charge in [-0.1, -0.05) is 48.5 Å². The average Bonchev–Trinajstić information content (AvgIpc) is 3.18. The van der Waals surface area contributed by atoms with Gasteiger partial charge < -0.3 is 0 Å². The van der Waals surface area contributed by atoms with Crippen molar-refractivity contribution < 1.29 is 13.2 Å². The van der Waals surface area contributed by atoms with Gasteiger partial charge in [0, 0.05) is 0 Å². The Morgan fingerprint density at radius 3 is 2.42 bits per heavy atom. The molecule has 0 saturated carbocycles. The summed E-state index contributed by atoms with van der Waals surface area (Å²) in [6.45, 7) is 0. The van der Waals surface area contributed by atoms with Gasteiger partial charge >= 0.3 is 0 Å². The van der Waals surface area contributed by atoms with Crippen molar-refractivity contribution in [2.75, 3.05) is 4.72 Å². The summed E-state index contributed by atoms with van der Waals surface area (Å²) in [4.78, 5) is 12.4. The molecule has 0 unspecified atom stereocenters. The van der Waals surface area contributed by atoms with E-state index in [1.165, 1.54) is 24.4 Å². The van der Waals surface area contributed by atoms with Crippen molar-refractivity contribution in [1.82, 2.24) is 5.43 Å². The number of rotatable bonds is 6. The zero-order valence-electron chi connectivity index (χ0n) is 13.5. The SMILES string of the molecule is O=C(N/N=C/c1ccccc1)c1ccccc1NS(=O)(=O)c1cccs1. The molecule has 6 nitrogen and oxygen atoms in total. The number of hydrazone groups is 1. The molecule has 0 spiro atoms. The van der Waals surface area contributed by atoms with Crippen LogP contribution in [0.15, 0.2) is 81.4 Å². The predicted octanol–water partition coefficient (Wildman–Crippen LogP) is 3.31. The largest absolute Gasteiger partial charge is 0.278 e. The Balaban J connectivity index is 1.76. The molecule has 1 heterocycles. The molecule has 0 radical (unpaired) electrons. The maximum atomic E-state index is 12.4. The van der Waals surface area contributed by atoms with Crippen molar-refractivity contribution in [3.8, 4) is 0 Å². The number of hydrogen-bond acceptors (Lipinski definition) is 5. The molecule has 132 valence electrons. The number of nitrogens with zero attached hydrogens (tertiary/aromatic N) is 1. The highest BCUT2D eigenvalue weighted by Crippen LogP contribution is 2.22. The molecular formula is C18H15N3O3S2. The van der Waals surface area contributed by atoms with E-state index in [0.717, 1.165) is 16.9 Å². The third-order valence-corrected chi connectivity index (χ3v) is 6.12. The van der Waals surface area contributed by atoms with Crippen LogP contribution in [0.1, 0.15) is 15.9 Å². The van der Waals surface area contributed by atoms with Crippen molar-refractivity contribution >= 4 is 39.2 Å². The van der Waals surface area contributed by atoms with Gasteiger partial charge in [0.2, 0.25) is 0 Å². The van der Waals surface area contributed by atoms with Crippen molar-refractivity contribution in [1.29, 1.82) is 0 Å². The zero-order chi connectivity index (χ0) is 18.4. The second-order valence-electron chi connectivity index (χ2n) is 5.19. The molecule has 0 fully saturated rings. The number of benzene rings is 2. The van der Waals surface area contributed by atoms with Crippen molar-refractivity contribution in [3.05, 3.63) is 83.2 Å². The molecule has 0 saturated heterocycles. The minimum atomic E-state index is -3.74. The van der Waals surface area contributed by atoms with Crippen molar-refractivity contribution in [3.63, 3.8) is 0 Å². The first-order chi connectivity index (χ1) is 12.6. The zero-order valence-corrected chi connectivity index (χ0v) is 15.1. The van der Waals surface area contributed by atoms with Gasteiger partial charge in [-0.2, -0.15) is 5.10 Å². The van der Waals surface area contributed by atoms with Gasteiger partial charge in [-0.15, -0.1) is 11.3 Å². The minimum Gasteiger partial charge on any atom is -0.278 e. The first-order valence-electron chi connectivity index (χ1n) is 7.60. The summed E-state index contributed by atoms with van der Waals surface area (Å²) in [6.07, 6.45) is 1.51. The lowest BCUT2D eigenvalue weighted by molar-refractivity contribution is 0.0956. The number of sulfonamides is 1. The molecule has 0 aliphatic rings. The Morgan fingerprint density at radius 1 is 0.962 bits per heavy atom. The van der Waals surface area contributed by atoms with Crippen LogP contribution < -0.4 is 10.1 Å². The Hall–Kier alpha value is -2.97. The molecular weight excluding hydrogens is 370 g/mol. The molecule has 0 aliphatic heterocycles. The maximum absolute atomic E-state index is 12.4. The first kappa shape index (κ1) is 17.8. The summed E-state index contributed by atoms with van der Waals surface area (Å²) in [6, 6.07) is 18.8. The summed E-state index contributed by atoms with van der Waals surface area (Å²) < 4.78 is 27.4. The van der Waals surface area contributed by atoms with E-state index in [9.17, 15) is 13.2 Å². The Bertz CT molecular complexity index is 1010. The van der Waals surface area contributed by atoms with Crippen LogP contribution in [0.3, 0.4) is 0 Å². The molecule has 1 amide bonds. The van der Waals surface area contributed by atoms with E-state index in [0.29, 0.717) is 0 Å². The lowest BCUT2D eigenvalue weighted by atomic mass is 10.2. The second kappa shape index (κ2) is 7.94. The minimum absolute atomic E-state index is 0.176. The summed E-state index contributed by atoms with van der Waals surface area (Å²) >= 11 is 1.10. The standard InChI is InChI=1S/C18H15N3O3S2/c22-18(20-19-13-14-7-2-1-3-8-14)15-9-4-5-10-16(15)21-26(23,24)17-11-6-12-25-17/h1-13,21H,(H,20,22)/b19-13+. The molecule has 3 aromatic rings. The molecule has 0 atom stereocenters. The summed E-state index contributed by atoms with van der Waals surface area (Å²) in [7, 11) is -3.74. The first-order valence-corrected chi connectivity index (χ1v) is 9.96. The van der Waals surface area contributed by atoms with Crippen LogP contribution in [0.25, 0.3) is 0 Å². The lowest BCUT2D eigenvalue weighted by Gasteiger charge is -2.10. The fraction of sp³-hybridized carbons (Fsp3) is 0. The van der Waals surface area contributed by atoms with Crippen LogP contribution >= 0.6 is 11.3 Å². The molecule has 0 aliphatic carbocycles. The van der Waals surface area contributed by atoms with Gasteiger partial charge in [0.1, 0.15) is 4.21 Å². The van der Waals surface area contributed by atoms with E-state index < -0.39 is 15.9 Å². The highest BCUT2D eigenvalue weighted by Gasteiger charge is 2.19. The molecule has 2 N–H and O–H groups in total. The summed E-state index contributed by atoms with van der Waals surface area (Å²) in [5, 5.41) is 5.58. The third kappa shape index (κ3) is 4.35. The average molecular weight is 385 g/mol. The topological polar surface area (TPSA) is 87.6 Å². The van der Waals surface area contributed by atoms with Crippen LogP contribution in [0, 0.1) is 0 Å². The number of thiophene rings is 1. The van der Waals surface area contributed by atoms with Crippen LogP contribution in [-0.4, -0.2) is 20.5 Å². The summed E-state index contributed by atoms with van der Waals surface area (Å²) in [5.74, 6) is -0.512. The number of amides is 1. The number of hydrogen-bond donors (Lipinski definition) is 2. The van der Waals surface area contributed by atoms with E-state index in [1.54, 1.807) is 23.6 Å². The summed E-state index contributed by atoms with van der Waals surface area (Å²) in [5.41, 5.74) is 3.61. The molecule has 3 rings (SSSR count). The van der Waals surface area contributed by atoms with E-state index in [-0.39, 0.29) is 15.5 Å². The van der Waals surface area contributed by atoms with Gasteiger partial charge in [0.05, 0.1) is 17.5 Å². The molecule has 26 heavy (non-hydrogen) atoms. The van der Waals surface area contributed by atoms with E-state index in [2.05, 4.69) is 15.2 Å². The Labute approximate surface area is 155 Å². The van der Waals surface area contributed by atoms with Gasteiger partial charge in [-0.25, -0.2) is 13.8 Å². The monoisotopic (exact) mass is 385 g/mol. The van der Waals surface area contributed by atoms with Crippen LogP contribution in [0.2, 0.25) is 0 Å². The number of anilines is 1. The Morgan fingerprint density at radius 2 is 1.69 bits per heavy atom. The van der Waals surface area contributed by atoms with Crippen LogP contribution in [0.4, 0.5) is 5.69 Å². The van der Waals surface area contributed by atoms with E-state index in [1.807, 2.05) is 30.3 Å². The molecule has 0 bridgehead atoms. The highest BCUT2D eigenvalue weighted by molar-refractivity contribution is 7.94.